The predicted molar refractivity (Wildman–Crippen MR) is 76.7 cm³/mol. The molecule has 0 amide bonds. The van der Waals surface area contributed by atoms with Crippen molar-refractivity contribution >= 4 is 27.3 Å². The third-order valence-electron chi connectivity index (χ3n) is 2.76. The molecule has 7 heteroatoms. The van der Waals surface area contributed by atoms with Gasteiger partial charge in [0.15, 0.2) is 0 Å². The van der Waals surface area contributed by atoms with Gasteiger partial charge in [-0.2, -0.15) is 0 Å². The van der Waals surface area contributed by atoms with E-state index in [1.54, 1.807) is 13.8 Å². The highest BCUT2D eigenvalue weighted by molar-refractivity contribution is 7.89. The van der Waals surface area contributed by atoms with Crippen LogP contribution in [0.15, 0.2) is 17.0 Å². The van der Waals surface area contributed by atoms with Gasteiger partial charge >= 0.3 is 0 Å². The molecule has 1 aromatic carbocycles. The van der Waals surface area contributed by atoms with E-state index in [0.717, 1.165) is 0 Å². The van der Waals surface area contributed by atoms with E-state index in [0.29, 0.717) is 29.1 Å². The maximum atomic E-state index is 12.0. The van der Waals surface area contributed by atoms with E-state index in [4.69, 9.17) is 22.4 Å². The Bertz CT molecular complexity index is 521. The van der Waals surface area contributed by atoms with Crippen LogP contribution in [0.5, 0.6) is 0 Å². The molecule has 19 heavy (non-hydrogen) atoms. The number of halogens is 1. The monoisotopic (exact) mass is 306 g/mol. The second-order valence-electron chi connectivity index (χ2n) is 4.51. The molecule has 0 aliphatic rings. The SMILES string of the molecule is Cc1c(N)cc(S(=O)(=O)NCCCC(C)O)cc1Cl. The van der Waals surface area contributed by atoms with Crippen molar-refractivity contribution in [3.63, 3.8) is 0 Å². The van der Waals surface area contributed by atoms with Gasteiger partial charge in [0.1, 0.15) is 0 Å². The molecular weight excluding hydrogens is 288 g/mol. The van der Waals surface area contributed by atoms with Crippen molar-refractivity contribution in [1.29, 1.82) is 0 Å². The maximum Gasteiger partial charge on any atom is 0.240 e. The first-order valence-electron chi connectivity index (χ1n) is 5.97. The molecule has 0 aliphatic heterocycles. The van der Waals surface area contributed by atoms with E-state index in [9.17, 15) is 8.42 Å². The van der Waals surface area contributed by atoms with Gasteiger partial charge in [0.25, 0.3) is 0 Å². The number of nitrogens with two attached hydrogens (primary N) is 1. The van der Waals surface area contributed by atoms with Crippen molar-refractivity contribution in [3.05, 3.63) is 22.7 Å². The minimum atomic E-state index is -3.62. The van der Waals surface area contributed by atoms with Crippen LogP contribution in [0.4, 0.5) is 5.69 Å². The Morgan fingerprint density at radius 3 is 2.63 bits per heavy atom. The molecule has 0 aromatic heterocycles. The number of hydrogen-bond donors (Lipinski definition) is 3. The van der Waals surface area contributed by atoms with Crippen LogP contribution in [0.25, 0.3) is 0 Å². The molecule has 4 N–H and O–H groups in total. The highest BCUT2D eigenvalue weighted by atomic mass is 35.5. The Labute approximate surface area is 118 Å². The summed E-state index contributed by atoms with van der Waals surface area (Å²) in [6.45, 7) is 3.65. The number of rotatable bonds is 6. The summed E-state index contributed by atoms with van der Waals surface area (Å²) >= 11 is 5.92. The lowest BCUT2D eigenvalue weighted by atomic mass is 10.2. The lowest BCUT2D eigenvalue weighted by Crippen LogP contribution is -2.25. The molecule has 0 saturated carbocycles. The number of aliphatic hydroxyl groups excluding tert-OH is 1. The molecule has 1 atom stereocenters. The molecule has 0 heterocycles. The molecule has 1 unspecified atom stereocenters. The quantitative estimate of drug-likeness (QED) is 0.550. The number of hydrogen-bond acceptors (Lipinski definition) is 4. The summed E-state index contributed by atoms with van der Waals surface area (Å²) in [5, 5.41) is 9.41. The second kappa shape index (κ2) is 6.56. The Morgan fingerprint density at radius 1 is 1.47 bits per heavy atom. The molecule has 0 radical (unpaired) electrons. The van der Waals surface area contributed by atoms with Crippen molar-refractivity contribution in [3.8, 4) is 0 Å². The average molecular weight is 307 g/mol. The van der Waals surface area contributed by atoms with E-state index in [1.807, 2.05) is 0 Å². The van der Waals surface area contributed by atoms with Crippen LogP contribution in [-0.2, 0) is 10.0 Å². The van der Waals surface area contributed by atoms with Gasteiger partial charge in [0, 0.05) is 17.3 Å². The lowest BCUT2D eigenvalue weighted by Gasteiger charge is -2.10. The van der Waals surface area contributed by atoms with Crippen LogP contribution in [0.3, 0.4) is 0 Å². The minimum Gasteiger partial charge on any atom is -0.398 e. The second-order valence-corrected chi connectivity index (χ2v) is 6.68. The third-order valence-corrected chi connectivity index (χ3v) is 4.59. The molecular formula is C12H19ClN2O3S. The van der Waals surface area contributed by atoms with Crippen molar-refractivity contribution in [2.24, 2.45) is 0 Å². The zero-order chi connectivity index (χ0) is 14.6. The van der Waals surface area contributed by atoms with Crippen LogP contribution in [-0.4, -0.2) is 26.2 Å². The van der Waals surface area contributed by atoms with Crippen LogP contribution in [0.2, 0.25) is 5.02 Å². The smallest absolute Gasteiger partial charge is 0.240 e. The Kier molecular flexibility index (Phi) is 5.61. The largest absolute Gasteiger partial charge is 0.398 e. The van der Waals surface area contributed by atoms with Crippen LogP contribution in [0, 0.1) is 6.92 Å². The number of benzene rings is 1. The topological polar surface area (TPSA) is 92.4 Å². The Morgan fingerprint density at radius 2 is 2.11 bits per heavy atom. The van der Waals surface area contributed by atoms with Crippen molar-refractivity contribution in [2.45, 2.75) is 37.7 Å². The number of sulfonamides is 1. The summed E-state index contributed by atoms with van der Waals surface area (Å²) < 4.78 is 26.5. The molecule has 5 nitrogen and oxygen atoms in total. The van der Waals surface area contributed by atoms with Crippen molar-refractivity contribution < 1.29 is 13.5 Å². The summed E-state index contributed by atoms with van der Waals surface area (Å²) in [7, 11) is -3.62. The first-order chi connectivity index (χ1) is 8.74. The van der Waals surface area contributed by atoms with Crippen molar-refractivity contribution in [2.75, 3.05) is 12.3 Å². The Balaban J connectivity index is 2.78. The van der Waals surface area contributed by atoms with E-state index in [-0.39, 0.29) is 11.4 Å². The summed E-state index contributed by atoms with van der Waals surface area (Å²) in [4.78, 5) is 0.0534. The molecule has 0 aliphatic carbocycles. The molecule has 0 bridgehead atoms. The van der Waals surface area contributed by atoms with Gasteiger partial charge in [-0.15, -0.1) is 0 Å². The lowest BCUT2D eigenvalue weighted by molar-refractivity contribution is 0.182. The van der Waals surface area contributed by atoms with Gasteiger partial charge in [-0.1, -0.05) is 11.6 Å². The fourth-order valence-electron chi connectivity index (χ4n) is 1.52. The van der Waals surface area contributed by atoms with Crippen molar-refractivity contribution in [1.82, 2.24) is 4.72 Å². The number of nitrogens with one attached hydrogen (secondary N) is 1. The van der Waals surface area contributed by atoms with E-state index in [2.05, 4.69) is 4.72 Å². The number of nitrogen functional groups attached to an aromatic ring is 1. The van der Waals surface area contributed by atoms with Gasteiger partial charge in [-0.05, 0) is 44.4 Å². The van der Waals surface area contributed by atoms with Crippen LogP contribution >= 0.6 is 11.6 Å². The summed E-state index contributed by atoms with van der Waals surface area (Å²) in [5.41, 5.74) is 6.71. The molecule has 1 aromatic rings. The van der Waals surface area contributed by atoms with E-state index in [1.165, 1.54) is 12.1 Å². The van der Waals surface area contributed by atoms with Gasteiger partial charge in [-0.3, -0.25) is 0 Å². The molecule has 0 fully saturated rings. The fraction of sp³-hybridized carbons (Fsp3) is 0.500. The minimum absolute atomic E-state index is 0.0534. The highest BCUT2D eigenvalue weighted by Gasteiger charge is 2.16. The zero-order valence-corrected chi connectivity index (χ0v) is 12.6. The first kappa shape index (κ1) is 16.2. The molecule has 0 spiro atoms. The highest BCUT2D eigenvalue weighted by Crippen LogP contribution is 2.25. The normalized spacial score (nSPS) is 13.5. The van der Waals surface area contributed by atoms with Gasteiger partial charge in [0.05, 0.1) is 11.0 Å². The number of anilines is 1. The predicted octanol–water partition coefficient (Wildman–Crippen LogP) is 1.67. The average Bonchev–Trinajstić information content (AvgIpc) is 2.31. The summed E-state index contributed by atoms with van der Waals surface area (Å²) in [5.74, 6) is 0. The first-order valence-corrected chi connectivity index (χ1v) is 7.83. The number of aliphatic hydroxyl groups is 1. The van der Waals surface area contributed by atoms with Gasteiger partial charge < -0.3 is 10.8 Å². The van der Waals surface area contributed by atoms with E-state index < -0.39 is 16.1 Å². The molecule has 0 saturated heterocycles. The van der Waals surface area contributed by atoms with E-state index >= 15 is 0 Å². The molecule has 1 rings (SSSR count). The Hall–Kier alpha value is -0.820. The fourth-order valence-corrected chi connectivity index (χ4v) is 2.94. The zero-order valence-electron chi connectivity index (χ0n) is 11.0. The molecule has 108 valence electrons. The van der Waals surface area contributed by atoms with Gasteiger partial charge in [0.2, 0.25) is 10.0 Å². The van der Waals surface area contributed by atoms with Crippen LogP contribution < -0.4 is 10.5 Å². The van der Waals surface area contributed by atoms with Crippen LogP contribution in [0.1, 0.15) is 25.3 Å². The maximum absolute atomic E-state index is 12.0. The third kappa shape index (κ3) is 4.65. The summed E-state index contributed by atoms with van der Waals surface area (Å²) in [6, 6.07) is 2.77. The standard InChI is InChI=1S/C12H19ClN2O3S/c1-8(16)4-3-5-15-19(17,18)10-6-11(13)9(2)12(14)7-10/h6-8,15-16H,3-5,14H2,1-2H3. The summed E-state index contributed by atoms with van der Waals surface area (Å²) in [6.07, 6.45) is 0.666. The van der Waals surface area contributed by atoms with Gasteiger partial charge in [-0.25, -0.2) is 13.1 Å².